The van der Waals surface area contributed by atoms with Crippen molar-refractivity contribution in [2.45, 2.75) is 13.0 Å². The number of nitrogens with one attached hydrogen (secondary N) is 1. The first-order valence-corrected chi connectivity index (χ1v) is 8.70. The van der Waals surface area contributed by atoms with Gasteiger partial charge in [0.05, 0.1) is 11.2 Å². The summed E-state index contributed by atoms with van der Waals surface area (Å²) in [6.07, 6.45) is 1.72. The smallest absolute Gasteiger partial charge is 0.250 e. The number of carbonyl (C=O) groups excluding carboxylic acids is 1. The van der Waals surface area contributed by atoms with Crippen LogP contribution in [0, 0.1) is 0 Å². The molecule has 7 nitrogen and oxygen atoms in total. The first-order valence-electron chi connectivity index (χ1n) is 8.32. The molecule has 2 aromatic carbocycles. The summed E-state index contributed by atoms with van der Waals surface area (Å²) in [6.45, 7) is 1.71. The summed E-state index contributed by atoms with van der Waals surface area (Å²) in [5.74, 6) is 0.187. The number of hydrogen-bond acceptors (Lipinski definition) is 5. The fraction of sp³-hybridized carbons (Fsp3) is 0.105. The van der Waals surface area contributed by atoms with Crippen LogP contribution in [0.3, 0.4) is 0 Å². The number of fused-ring (bicyclic) bond motifs is 1. The number of carbonyl (C=O) groups is 1. The van der Waals surface area contributed by atoms with Crippen molar-refractivity contribution >= 4 is 34.1 Å². The molecule has 1 unspecified atom stereocenters. The molecule has 0 aliphatic heterocycles. The molecule has 1 amide bonds. The van der Waals surface area contributed by atoms with Crippen molar-refractivity contribution < 1.29 is 4.79 Å². The van der Waals surface area contributed by atoms with Crippen LogP contribution in [0.2, 0.25) is 5.02 Å². The molecule has 0 fully saturated rings. The second-order valence-corrected chi connectivity index (χ2v) is 6.42. The van der Waals surface area contributed by atoms with Crippen molar-refractivity contribution in [1.29, 1.82) is 0 Å². The molecule has 0 aliphatic carbocycles. The van der Waals surface area contributed by atoms with Crippen LogP contribution in [0.5, 0.6) is 0 Å². The summed E-state index contributed by atoms with van der Waals surface area (Å²) in [4.78, 5) is 18.3. The first kappa shape index (κ1) is 17.1. The topological polar surface area (TPSA) is 85.6 Å². The van der Waals surface area contributed by atoms with Gasteiger partial charge in [-0.3, -0.25) is 9.78 Å². The maximum absolute atomic E-state index is 12.7. The average Bonchev–Trinajstić information content (AvgIpc) is 3.18. The van der Waals surface area contributed by atoms with E-state index in [0.29, 0.717) is 16.5 Å². The van der Waals surface area contributed by atoms with E-state index in [4.69, 9.17) is 11.6 Å². The normalized spacial score (nSPS) is 12.1. The second kappa shape index (κ2) is 7.13. The largest absolute Gasteiger partial charge is 0.324 e. The number of anilines is 1. The highest BCUT2D eigenvalue weighted by molar-refractivity contribution is 6.30. The van der Waals surface area contributed by atoms with Crippen LogP contribution in [0.15, 0.2) is 60.8 Å². The molecule has 0 aliphatic rings. The van der Waals surface area contributed by atoms with Gasteiger partial charge < -0.3 is 5.32 Å². The lowest BCUT2D eigenvalue weighted by Crippen LogP contribution is -2.25. The fourth-order valence-corrected chi connectivity index (χ4v) is 2.78. The second-order valence-electron chi connectivity index (χ2n) is 5.98. The van der Waals surface area contributed by atoms with Crippen molar-refractivity contribution in [2.24, 2.45) is 0 Å². The minimum Gasteiger partial charge on any atom is -0.324 e. The molecule has 134 valence electrons. The van der Waals surface area contributed by atoms with Crippen LogP contribution in [0.25, 0.3) is 22.3 Å². The molecule has 0 radical (unpaired) electrons. The SMILES string of the molecule is CC(C(=O)Nc1cccc2ncccc12)n1nnc(-c2ccc(Cl)cc2)n1. The lowest BCUT2D eigenvalue weighted by atomic mass is 10.1. The van der Waals surface area contributed by atoms with Gasteiger partial charge in [0.2, 0.25) is 5.82 Å². The molecular weight excluding hydrogens is 364 g/mol. The van der Waals surface area contributed by atoms with E-state index in [-0.39, 0.29) is 5.91 Å². The van der Waals surface area contributed by atoms with Gasteiger partial charge in [-0.25, -0.2) is 0 Å². The van der Waals surface area contributed by atoms with Crippen LogP contribution in [0.1, 0.15) is 13.0 Å². The Morgan fingerprint density at radius 2 is 1.93 bits per heavy atom. The maximum Gasteiger partial charge on any atom is 0.250 e. The number of tetrazole rings is 1. The third-order valence-corrected chi connectivity index (χ3v) is 4.41. The quantitative estimate of drug-likeness (QED) is 0.584. The number of halogens is 1. The lowest BCUT2D eigenvalue weighted by Gasteiger charge is -2.12. The Bertz CT molecular complexity index is 1100. The van der Waals surface area contributed by atoms with Gasteiger partial charge in [-0.1, -0.05) is 17.7 Å². The van der Waals surface area contributed by atoms with E-state index in [2.05, 4.69) is 25.7 Å². The Hall–Kier alpha value is -3.32. The third kappa shape index (κ3) is 3.50. The number of rotatable bonds is 4. The van der Waals surface area contributed by atoms with Crippen molar-refractivity contribution in [3.8, 4) is 11.4 Å². The Balaban J connectivity index is 1.55. The summed E-state index contributed by atoms with van der Waals surface area (Å²) in [7, 11) is 0. The number of aromatic nitrogens is 5. The van der Waals surface area contributed by atoms with Gasteiger partial charge in [-0.05, 0) is 60.7 Å². The third-order valence-electron chi connectivity index (χ3n) is 4.16. The molecule has 0 spiro atoms. The van der Waals surface area contributed by atoms with Crippen LogP contribution in [-0.4, -0.2) is 31.1 Å². The molecule has 0 bridgehead atoms. The van der Waals surface area contributed by atoms with Crippen molar-refractivity contribution in [3.63, 3.8) is 0 Å². The molecule has 0 saturated carbocycles. The van der Waals surface area contributed by atoms with Crippen molar-refractivity contribution in [1.82, 2.24) is 25.2 Å². The number of benzene rings is 2. The molecule has 2 aromatic heterocycles. The Morgan fingerprint density at radius 3 is 2.74 bits per heavy atom. The molecule has 0 saturated heterocycles. The Labute approximate surface area is 160 Å². The van der Waals surface area contributed by atoms with Crippen molar-refractivity contribution in [3.05, 3.63) is 65.8 Å². The van der Waals surface area contributed by atoms with E-state index >= 15 is 0 Å². The molecule has 1 N–H and O–H groups in total. The molecule has 4 aromatic rings. The van der Waals surface area contributed by atoms with Gasteiger partial charge in [0.15, 0.2) is 0 Å². The zero-order valence-corrected chi connectivity index (χ0v) is 15.1. The van der Waals surface area contributed by atoms with Gasteiger partial charge >= 0.3 is 0 Å². The molecule has 4 rings (SSSR count). The average molecular weight is 379 g/mol. The predicted molar refractivity (Wildman–Crippen MR) is 103 cm³/mol. The molecular formula is C19H15ClN6O. The van der Waals surface area contributed by atoms with Crippen LogP contribution in [0.4, 0.5) is 5.69 Å². The van der Waals surface area contributed by atoms with Gasteiger partial charge in [-0.2, -0.15) is 4.80 Å². The summed E-state index contributed by atoms with van der Waals surface area (Å²) in [5, 5.41) is 16.8. The standard InChI is InChI=1S/C19H15ClN6O/c1-12(26-24-18(23-25-26)13-7-9-14(20)10-8-13)19(27)22-17-6-2-5-16-15(17)4-3-11-21-16/h2-12H,1H3,(H,22,27). The molecule has 1 atom stereocenters. The summed E-state index contributed by atoms with van der Waals surface area (Å²) in [5.41, 5.74) is 2.28. The zero-order valence-electron chi connectivity index (χ0n) is 14.4. The van der Waals surface area contributed by atoms with Gasteiger partial charge in [0.1, 0.15) is 6.04 Å². The fourth-order valence-electron chi connectivity index (χ4n) is 2.66. The van der Waals surface area contributed by atoms with Gasteiger partial charge in [0.25, 0.3) is 5.91 Å². The van der Waals surface area contributed by atoms with Crippen LogP contribution in [-0.2, 0) is 4.79 Å². The van der Waals surface area contributed by atoms with E-state index < -0.39 is 6.04 Å². The van der Waals surface area contributed by atoms with E-state index in [9.17, 15) is 4.79 Å². The highest BCUT2D eigenvalue weighted by atomic mass is 35.5. The Kier molecular flexibility index (Phi) is 4.52. The number of nitrogens with zero attached hydrogens (tertiary/aromatic N) is 5. The molecule has 2 heterocycles. The number of pyridine rings is 1. The Morgan fingerprint density at radius 1 is 1.11 bits per heavy atom. The summed E-state index contributed by atoms with van der Waals surface area (Å²) < 4.78 is 0. The van der Waals surface area contributed by atoms with Crippen LogP contribution < -0.4 is 5.32 Å². The lowest BCUT2D eigenvalue weighted by molar-refractivity contribution is -0.119. The maximum atomic E-state index is 12.7. The predicted octanol–water partition coefficient (Wildman–Crippen LogP) is 3.74. The molecule has 8 heteroatoms. The zero-order chi connectivity index (χ0) is 18.8. The highest BCUT2D eigenvalue weighted by Crippen LogP contribution is 2.22. The highest BCUT2D eigenvalue weighted by Gasteiger charge is 2.19. The van der Waals surface area contributed by atoms with E-state index in [1.807, 2.05) is 30.3 Å². The molecule has 27 heavy (non-hydrogen) atoms. The van der Waals surface area contributed by atoms with Gasteiger partial charge in [-0.15, -0.1) is 10.2 Å². The minimum absolute atomic E-state index is 0.244. The number of hydrogen-bond donors (Lipinski definition) is 1. The minimum atomic E-state index is -0.634. The van der Waals surface area contributed by atoms with E-state index in [1.165, 1.54) is 4.80 Å². The van der Waals surface area contributed by atoms with Crippen molar-refractivity contribution in [2.75, 3.05) is 5.32 Å². The number of amides is 1. The van der Waals surface area contributed by atoms with Crippen LogP contribution >= 0.6 is 11.6 Å². The monoisotopic (exact) mass is 378 g/mol. The summed E-state index contributed by atoms with van der Waals surface area (Å²) in [6, 6.07) is 15.8. The van der Waals surface area contributed by atoms with E-state index in [1.54, 1.807) is 37.4 Å². The first-order chi connectivity index (χ1) is 13.1. The van der Waals surface area contributed by atoms with E-state index in [0.717, 1.165) is 16.5 Å². The summed E-state index contributed by atoms with van der Waals surface area (Å²) >= 11 is 5.90. The van der Waals surface area contributed by atoms with Gasteiger partial charge in [0, 0.05) is 22.2 Å².